The van der Waals surface area contributed by atoms with Gasteiger partial charge in [-0.3, -0.25) is 0 Å². The third-order valence-electron chi connectivity index (χ3n) is 3.34. The third-order valence-corrected chi connectivity index (χ3v) is 4.82. The number of para-hydroxylation sites is 1. The maximum Gasteiger partial charge on any atom is 0.236 e. The van der Waals surface area contributed by atoms with Crippen LogP contribution in [0.5, 0.6) is 5.75 Å². The van der Waals surface area contributed by atoms with E-state index in [4.69, 9.17) is 11.2 Å². The van der Waals surface area contributed by atoms with Crippen molar-refractivity contribution in [1.29, 1.82) is 0 Å². The maximum atomic E-state index is 12.4. The van der Waals surface area contributed by atoms with Crippen LogP contribution >= 0.6 is 0 Å². The molecule has 0 saturated carbocycles. The lowest BCUT2D eigenvalue weighted by Crippen LogP contribution is -2.24. The highest BCUT2D eigenvalue weighted by molar-refractivity contribution is 7.92. The quantitative estimate of drug-likeness (QED) is 0.727. The van der Waals surface area contributed by atoms with Crippen LogP contribution in [0.3, 0.4) is 0 Å². The monoisotopic (exact) mass is 341 g/mol. The SMILES string of the molecule is C#CCOc1ccccc1CN(C)S(=O)(=O)/C=C/c1ccccc1. The van der Waals surface area contributed by atoms with Crippen molar-refractivity contribution in [3.8, 4) is 18.1 Å². The van der Waals surface area contributed by atoms with E-state index in [2.05, 4.69) is 5.92 Å². The van der Waals surface area contributed by atoms with Crippen LogP contribution in [0.25, 0.3) is 6.08 Å². The van der Waals surface area contributed by atoms with Crippen molar-refractivity contribution in [1.82, 2.24) is 4.31 Å². The minimum absolute atomic E-state index is 0.140. The second-order valence-corrected chi connectivity index (χ2v) is 7.04. The zero-order valence-corrected chi connectivity index (χ0v) is 14.2. The van der Waals surface area contributed by atoms with Gasteiger partial charge in [0.2, 0.25) is 10.0 Å². The molecule has 2 aromatic rings. The Morgan fingerprint density at radius 2 is 1.79 bits per heavy atom. The highest BCUT2D eigenvalue weighted by Gasteiger charge is 2.16. The molecular formula is C19H19NO3S. The van der Waals surface area contributed by atoms with Gasteiger partial charge < -0.3 is 4.74 Å². The molecule has 0 fully saturated rings. The van der Waals surface area contributed by atoms with Gasteiger partial charge in [0.1, 0.15) is 12.4 Å². The highest BCUT2D eigenvalue weighted by atomic mass is 32.2. The van der Waals surface area contributed by atoms with Crippen molar-refractivity contribution >= 4 is 16.1 Å². The van der Waals surface area contributed by atoms with Gasteiger partial charge in [-0.2, -0.15) is 4.31 Å². The molecule has 2 aromatic carbocycles. The Morgan fingerprint density at radius 3 is 2.50 bits per heavy atom. The van der Waals surface area contributed by atoms with Gasteiger partial charge in [-0.1, -0.05) is 54.5 Å². The molecule has 0 bridgehead atoms. The van der Waals surface area contributed by atoms with E-state index in [1.807, 2.05) is 48.5 Å². The Balaban J connectivity index is 2.13. The van der Waals surface area contributed by atoms with Gasteiger partial charge in [0, 0.05) is 24.6 Å². The molecule has 0 spiro atoms. The summed E-state index contributed by atoms with van der Waals surface area (Å²) in [6.07, 6.45) is 6.78. The molecule has 24 heavy (non-hydrogen) atoms. The Morgan fingerprint density at radius 1 is 1.12 bits per heavy atom. The first-order chi connectivity index (χ1) is 11.5. The summed E-state index contributed by atoms with van der Waals surface area (Å²) in [6.45, 7) is 0.337. The van der Waals surface area contributed by atoms with Crippen molar-refractivity contribution in [3.63, 3.8) is 0 Å². The fourth-order valence-electron chi connectivity index (χ4n) is 2.06. The number of sulfonamides is 1. The predicted octanol–water partition coefficient (Wildman–Crippen LogP) is 3.13. The van der Waals surface area contributed by atoms with Crippen molar-refractivity contribution in [2.45, 2.75) is 6.54 Å². The lowest BCUT2D eigenvalue weighted by atomic mass is 10.2. The van der Waals surface area contributed by atoms with E-state index in [9.17, 15) is 8.42 Å². The van der Waals surface area contributed by atoms with Gasteiger partial charge in [-0.05, 0) is 17.7 Å². The molecular weight excluding hydrogens is 322 g/mol. The number of hydrogen-bond donors (Lipinski definition) is 0. The normalized spacial score (nSPS) is 11.5. The lowest BCUT2D eigenvalue weighted by molar-refractivity contribution is 0.360. The zero-order valence-electron chi connectivity index (χ0n) is 13.4. The van der Waals surface area contributed by atoms with Crippen LogP contribution in [-0.4, -0.2) is 26.4 Å². The highest BCUT2D eigenvalue weighted by Crippen LogP contribution is 2.21. The molecule has 0 atom stereocenters. The van der Waals surface area contributed by atoms with E-state index in [1.165, 1.54) is 16.8 Å². The summed E-state index contributed by atoms with van der Waals surface area (Å²) in [5.41, 5.74) is 1.58. The standard InChI is InChI=1S/C19H19NO3S/c1-3-14-23-19-12-8-7-11-18(19)16-20(2)24(21,22)15-13-17-9-5-4-6-10-17/h1,4-13,15H,14,16H2,2H3/b15-13+. The zero-order chi connectivity index (χ0) is 17.4. The van der Waals surface area contributed by atoms with Gasteiger partial charge >= 0.3 is 0 Å². The van der Waals surface area contributed by atoms with Gasteiger partial charge in [0.25, 0.3) is 0 Å². The van der Waals surface area contributed by atoms with Crippen LogP contribution in [0.1, 0.15) is 11.1 Å². The lowest BCUT2D eigenvalue weighted by Gasteiger charge is -2.17. The van der Waals surface area contributed by atoms with E-state index < -0.39 is 10.0 Å². The molecule has 0 radical (unpaired) electrons. The molecule has 0 amide bonds. The van der Waals surface area contributed by atoms with E-state index in [0.29, 0.717) is 5.75 Å². The molecule has 0 unspecified atom stereocenters. The first kappa shape index (κ1) is 17.8. The summed E-state index contributed by atoms with van der Waals surface area (Å²) in [5.74, 6) is 2.99. The molecule has 0 heterocycles. The topological polar surface area (TPSA) is 46.6 Å². The average molecular weight is 341 g/mol. The summed E-state index contributed by atoms with van der Waals surface area (Å²) in [6, 6.07) is 16.5. The third kappa shape index (κ3) is 4.98. The summed E-state index contributed by atoms with van der Waals surface area (Å²) in [4.78, 5) is 0. The second-order valence-electron chi connectivity index (χ2n) is 5.11. The van der Waals surface area contributed by atoms with E-state index in [1.54, 1.807) is 12.1 Å². The van der Waals surface area contributed by atoms with Crippen molar-refractivity contribution in [2.75, 3.05) is 13.7 Å². The molecule has 0 N–H and O–H groups in total. The van der Waals surface area contributed by atoms with E-state index in [-0.39, 0.29) is 13.2 Å². The van der Waals surface area contributed by atoms with Crippen molar-refractivity contribution < 1.29 is 13.2 Å². The number of benzene rings is 2. The van der Waals surface area contributed by atoms with Crippen LogP contribution in [-0.2, 0) is 16.6 Å². The van der Waals surface area contributed by atoms with Gasteiger partial charge in [-0.15, -0.1) is 6.42 Å². The number of nitrogens with zero attached hydrogens (tertiary/aromatic N) is 1. The summed E-state index contributed by atoms with van der Waals surface area (Å²) in [7, 11) is -2.01. The van der Waals surface area contributed by atoms with Crippen LogP contribution in [0, 0.1) is 12.3 Å². The molecule has 0 aromatic heterocycles. The fourth-order valence-corrected chi connectivity index (χ4v) is 2.91. The van der Waals surface area contributed by atoms with Gasteiger partial charge in [0.05, 0.1) is 0 Å². The van der Waals surface area contributed by atoms with Crippen LogP contribution in [0.15, 0.2) is 60.0 Å². The minimum Gasteiger partial charge on any atom is -0.481 e. The molecule has 4 nitrogen and oxygen atoms in total. The summed E-state index contributed by atoms with van der Waals surface area (Å²) in [5, 5.41) is 1.20. The first-order valence-corrected chi connectivity index (χ1v) is 8.87. The molecule has 5 heteroatoms. The molecule has 2 rings (SSSR count). The number of terminal acetylenes is 1. The van der Waals surface area contributed by atoms with Crippen molar-refractivity contribution in [3.05, 3.63) is 71.1 Å². The Labute approximate surface area is 143 Å². The van der Waals surface area contributed by atoms with Gasteiger partial charge in [0.15, 0.2) is 0 Å². The molecule has 124 valence electrons. The fraction of sp³-hybridized carbons (Fsp3) is 0.158. The Bertz CT molecular complexity index is 836. The number of rotatable bonds is 7. The summed E-state index contributed by atoms with van der Waals surface area (Å²) < 4.78 is 31.5. The van der Waals surface area contributed by atoms with E-state index >= 15 is 0 Å². The van der Waals surface area contributed by atoms with Crippen molar-refractivity contribution in [2.24, 2.45) is 0 Å². The van der Waals surface area contributed by atoms with Crippen LogP contribution < -0.4 is 4.74 Å². The van der Waals surface area contributed by atoms with Gasteiger partial charge in [-0.25, -0.2) is 8.42 Å². The first-order valence-electron chi connectivity index (χ1n) is 7.36. The smallest absolute Gasteiger partial charge is 0.236 e. The maximum absolute atomic E-state index is 12.4. The Kier molecular flexibility index (Phi) is 6.19. The molecule has 0 aliphatic rings. The average Bonchev–Trinajstić information content (AvgIpc) is 2.60. The number of hydrogen-bond acceptors (Lipinski definition) is 3. The van der Waals surface area contributed by atoms with Crippen LogP contribution in [0.2, 0.25) is 0 Å². The predicted molar refractivity (Wildman–Crippen MR) is 96.6 cm³/mol. The van der Waals surface area contributed by atoms with Crippen LogP contribution in [0.4, 0.5) is 0 Å². The summed E-state index contributed by atoms with van der Waals surface area (Å²) >= 11 is 0. The minimum atomic E-state index is -3.54. The molecule has 0 saturated heterocycles. The second kappa shape index (κ2) is 8.34. The number of ether oxygens (including phenoxy) is 1. The largest absolute Gasteiger partial charge is 0.481 e. The molecule has 0 aliphatic carbocycles. The van der Waals surface area contributed by atoms with E-state index in [0.717, 1.165) is 11.1 Å². The Hall–Kier alpha value is -2.55. The molecule has 0 aliphatic heterocycles.